The molecule has 2 amide bonds. The zero-order valence-electron chi connectivity index (χ0n) is 15.6. The molecule has 4 nitrogen and oxygen atoms in total. The van der Waals surface area contributed by atoms with Crippen molar-refractivity contribution in [3.05, 3.63) is 70.2 Å². The van der Waals surface area contributed by atoms with Gasteiger partial charge in [-0.15, -0.1) is 0 Å². The Balaban J connectivity index is 1.43. The number of hydrogen-bond donors (Lipinski definition) is 1. The normalized spacial score (nSPS) is 13.3. The van der Waals surface area contributed by atoms with E-state index in [-0.39, 0.29) is 11.8 Å². The van der Waals surface area contributed by atoms with Gasteiger partial charge in [-0.1, -0.05) is 35.9 Å². The zero-order valence-corrected chi connectivity index (χ0v) is 16.3. The molecule has 2 aromatic rings. The summed E-state index contributed by atoms with van der Waals surface area (Å²) in [6, 6.07) is 15.6. The van der Waals surface area contributed by atoms with Crippen molar-refractivity contribution in [1.82, 2.24) is 10.2 Å². The van der Waals surface area contributed by atoms with Crippen molar-refractivity contribution in [2.45, 2.75) is 44.7 Å². The Kier molecular flexibility index (Phi) is 6.51. The summed E-state index contributed by atoms with van der Waals surface area (Å²) in [4.78, 5) is 26.1. The number of benzene rings is 2. The van der Waals surface area contributed by atoms with E-state index >= 15 is 0 Å². The highest BCUT2D eigenvalue weighted by Gasteiger charge is 2.23. The monoisotopic (exact) mass is 384 g/mol. The Hall–Kier alpha value is -2.33. The average Bonchev–Trinajstić information content (AvgIpc) is 3.47. The Morgan fingerprint density at radius 3 is 2.30 bits per heavy atom. The summed E-state index contributed by atoms with van der Waals surface area (Å²) >= 11 is 5.88. The summed E-state index contributed by atoms with van der Waals surface area (Å²) in [6.07, 6.45) is 4.34. The lowest BCUT2D eigenvalue weighted by Gasteiger charge is -2.17. The molecule has 1 saturated carbocycles. The van der Waals surface area contributed by atoms with Crippen molar-refractivity contribution in [3.8, 4) is 0 Å². The van der Waals surface area contributed by atoms with E-state index in [1.165, 1.54) is 5.56 Å². The molecule has 1 aliphatic carbocycles. The van der Waals surface area contributed by atoms with Crippen LogP contribution in [-0.2, 0) is 17.8 Å². The predicted molar refractivity (Wildman–Crippen MR) is 108 cm³/mol. The predicted octanol–water partition coefficient (Wildman–Crippen LogP) is 4.21. The first-order valence-corrected chi connectivity index (χ1v) is 9.77. The van der Waals surface area contributed by atoms with E-state index in [9.17, 15) is 9.59 Å². The number of carbonyl (C=O) groups excluding carboxylic acids is 2. The molecule has 142 valence electrons. The first kappa shape index (κ1) is 19.4. The summed E-state index contributed by atoms with van der Waals surface area (Å²) in [5.41, 5.74) is 2.88. The van der Waals surface area contributed by atoms with Gasteiger partial charge in [-0.25, -0.2) is 0 Å². The molecule has 0 radical (unpaired) electrons. The smallest absolute Gasteiger partial charge is 0.251 e. The molecule has 5 heteroatoms. The number of nitrogens with zero attached hydrogens (tertiary/aromatic N) is 1. The molecular formula is C22H25ClN2O2. The van der Waals surface area contributed by atoms with E-state index in [4.69, 9.17) is 11.6 Å². The molecule has 2 aromatic carbocycles. The highest BCUT2D eigenvalue weighted by molar-refractivity contribution is 6.30. The van der Waals surface area contributed by atoms with Crippen molar-refractivity contribution < 1.29 is 9.59 Å². The van der Waals surface area contributed by atoms with Crippen LogP contribution in [0, 0.1) is 0 Å². The van der Waals surface area contributed by atoms with E-state index in [1.54, 1.807) is 4.90 Å². The molecule has 0 saturated heterocycles. The van der Waals surface area contributed by atoms with Gasteiger partial charge < -0.3 is 10.2 Å². The van der Waals surface area contributed by atoms with Gasteiger partial charge in [0.25, 0.3) is 5.91 Å². The summed E-state index contributed by atoms with van der Waals surface area (Å²) in [5, 5.41) is 3.70. The number of carbonyl (C=O) groups is 2. The molecule has 0 atom stereocenters. The summed E-state index contributed by atoms with van der Waals surface area (Å²) in [5.74, 6) is 0.107. The van der Waals surface area contributed by atoms with Gasteiger partial charge in [0.05, 0.1) is 0 Å². The Morgan fingerprint density at radius 1 is 1.04 bits per heavy atom. The molecule has 0 aliphatic heterocycles. The van der Waals surface area contributed by atoms with Gasteiger partial charge in [0.1, 0.15) is 0 Å². The van der Waals surface area contributed by atoms with Gasteiger partial charge >= 0.3 is 0 Å². The van der Waals surface area contributed by atoms with Gasteiger partial charge in [0.2, 0.25) is 5.91 Å². The molecule has 1 aliphatic rings. The van der Waals surface area contributed by atoms with Gasteiger partial charge in [0, 0.05) is 36.6 Å². The molecule has 0 bridgehead atoms. The Labute approximate surface area is 165 Å². The molecule has 0 aromatic heterocycles. The van der Waals surface area contributed by atoms with E-state index in [2.05, 4.69) is 5.32 Å². The maximum absolute atomic E-state index is 12.3. The fourth-order valence-electron chi connectivity index (χ4n) is 2.91. The van der Waals surface area contributed by atoms with E-state index in [0.717, 1.165) is 36.3 Å². The lowest BCUT2D eigenvalue weighted by molar-refractivity contribution is -0.130. The summed E-state index contributed by atoms with van der Waals surface area (Å²) < 4.78 is 0. The SMILES string of the molecule is CN(Cc1ccc(C(=O)NC2CC2)cc1)C(=O)CCCc1ccc(Cl)cc1. The molecule has 0 spiro atoms. The molecule has 1 fully saturated rings. The highest BCUT2D eigenvalue weighted by Crippen LogP contribution is 2.19. The second kappa shape index (κ2) is 9.05. The molecule has 3 rings (SSSR count). The zero-order chi connectivity index (χ0) is 19.2. The van der Waals surface area contributed by atoms with Crippen molar-refractivity contribution >= 4 is 23.4 Å². The van der Waals surface area contributed by atoms with Crippen molar-refractivity contribution in [2.24, 2.45) is 0 Å². The van der Waals surface area contributed by atoms with Crippen LogP contribution >= 0.6 is 11.6 Å². The van der Waals surface area contributed by atoms with Crippen molar-refractivity contribution in [3.63, 3.8) is 0 Å². The molecule has 0 unspecified atom stereocenters. The van der Waals surface area contributed by atoms with Gasteiger partial charge in [0.15, 0.2) is 0 Å². The quantitative estimate of drug-likeness (QED) is 0.741. The molecular weight excluding hydrogens is 360 g/mol. The minimum Gasteiger partial charge on any atom is -0.349 e. The van der Waals surface area contributed by atoms with Crippen molar-refractivity contribution in [2.75, 3.05) is 7.05 Å². The molecule has 1 N–H and O–H groups in total. The summed E-state index contributed by atoms with van der Waals surface area (Å²) in [7, 11) is 1.82. The third kappa shape index (κ3) is 6.10. The Bertz CT molecular complexity index is 783. The fourth-order valence-corrected chi connectivity index (χ4v) is 3.03. The number of rotatable bonds is 8. The number of aryl methyl sites for hydroxylation is 1. The third-order valence-electron chi connectivity index (χ3n) is 4.74. The van der Waals surface area contributed by atoms with Crippen LogP contribution < -0.4 is 5.32 Å². The van der Waals surface area contributed by atoms with Crippen LogP contribution in [0.4, 0.5) is 0 Å². The largest absolute Gasteiger partial charge is 0.349 e. The second-order valence-electron chi connectivity index (χ2n) is 7.17. The van der Waals surface area contributed by atoms with Crippen LogP contribution in [0.25, 0.3) is 0 Å². The lowest BCUT2D eigenvalue weighted by atomic mass is 10.1. The number of hydrogen-bond acceptors (Lipinski definition) is 2. The van der Waals surface area contributed by atoms with Crippen LogP contribution in [0.15, 0.2) is 48.5 Å². The third-order valence-corrected chi connectivity index (χ3v) is 5.00. The van der Waals surface area contributed by atoms with Crippen LogP contribution in [0.2, 0.25) is 5.02 Å². The second-order valence-corrected chi connectivity index (χ2v) is 7.61. The summed E-state index contributed by atoms with van der Waals surface area (Å²) in [6.45, 7) is 0.546. The number of nitrogens with one attached hydrogen (secondary N) is 1. The first-order chi connectivity index (χ1) is 13.0. The van der Waals surface area contributed by atoms with Crippen LogP contribution in [0.5, 0.6) is 0 Å². The van der Waals surface area contributed by atoms with Crippen LogP contribution in [-0.4, -0.2) is 29.8 Å². The van der Waals surface area contributed by atoms with Gasteiger partial charge in [-0.05, 0) is 61.1 Å². The number of amides is 2. The average molecular weight is 385 g/mol. The maximum Gasteiger partial charge on any atom is 0.251 e. The van der Waals surface area contributed by atoms with E-state index < -0.39 is 0 Å². The molecule has 27 heavy (non-hydrogen) atoms. The highest BCUT2D eigenvalue weighted by atomic mass is 35.5. The van der Waals surface area contributed by atoms with E-state index in [1.807, 2.05) is 55.6 Å². The number of halogens is 1. The molecule has 0 heterocycles. The lowest BCUT2D eigenvalue weighted by Crippen LogP contribution is -2.26. The van der Waals surface area contributed by atoms with Crippen LogP contribution in [0.3, 0.4) is 0 Å². The van der Waals surface area contributed by atoms with Gasteiger partial charge in [-0.3, -0.25) is 9.59 Å². The van der Waals surface area contributed by atoms with Crippen molar-refractivity contribution in [1.29, 1.82) is 0 Å². The Morgan fingerprint density at radius 2 is 1.67 bits per heavy atom. The standard InChI is InChI=1S/C22H25ClN2O2/c1-25(21(26)4-2-3-16-7-11-19(23)12-8-16)15-17-5-9-18(10-6-17)22(27)24-20-13-14-20/h5-12,20H,2-4,13-15H2,1H3,(H,24,27). The van der Waals surface area contributed by atoms with E-state index in [0.29, 0.717) is 24.6 Å². The first-order valence-electron chi connectivity index (χ1n) is 9.39. The van der Waals surface area contributed by atoms with Gasteiger partial charge in [-0.2, -0.15) is 0 Å². The van der Waals surface area contributed by atoms with Crippen LogP contribution in [0.1, 0.15) is 47.2 Å². The minimum absolute atomic E-state index is 0.0179. The minimum atomic E-state index is -0.0179. The maximum atomic E-state index is 12.3. The topological polar surface area (TPSA) is 49.4 Å². The fraction of sp³-hybridized carbons (Fsp3) is 0.364.